The lowest BCUT2D eigenvalue weighted by molar-refractivity contribution is -0.141. The van der Waals surface area contributed by atoms with Crippen molar-refractivity contribution >= 4 is 53.7 Å². The van der Waals surface area contributed by atoms with Crippen molar-refractivity contribution in [2.75, 3.05) is 85.1 Å². The zero-order valence-corrected chi connectivity index (χ0v) is 36.5. The summed E-state index contributed by atoms with van der Waals surface area (Å²) in [5, 5.41) is 66.2. The molecule has 2 aromatic rings. The van der Waals surface area contributed by atoms with E-state index in [2.05, 4.69) is 21.3 Å². The number of hydrogen-bond acceptors (Lipinski definition) is 13. The number of hydrogen-bond donors (Lipinski definition) is 10. The first kappa shape index (κ1) is 53.6. The van der Waals surface area contributed by atoms with Gasteiger partial charge in [0.15, 0.2) is 0 Å². The average molecular weight is 929 g/mol. The molecule has 1 heterocycles. The minimum absolute atomic E-state index is 0.0435. The number of amides is 4. The monoisotopic (exact) mass is 928 g/mol. The fourth-order valence-corrected chi connectivity index (χ4v) is 7.09. The highest BCUT2D eigenvalue weighted by atomic mass is 16.4. The first-order valence-electron chi connectivity index (χ1n) is 21.4. The molecule has 0 bridgehead atoms. The van der Waals surface area contributed by atoms with Gasteiger partial charge in [0.05, 0.1) is 26.2 Å². The van der Waals surface area contributed by atoms with E-state index in [1.165, 1.54) is 0 Å². The molecule has 66 heavy (non-hydrogen) atoms. The molecule has 1 aliphatic heterocycles. The lowest BCUT2D eigenvalue weighted by Gasteiger charge is -2.33. The molecule has 0 radical (unpaired) electrons. The fraction of sp³-hybridized carbons (Fsp3) is 0.512. The molecule has 1 aliphatic rings. The molecule has 23 nitrogen and oxygen atoms in total. The van der Waals surface area contributed by atoms with Gasteiger partial charge in [-0.05, 0) is 42.4 Å². The maximum Gasteiger partial charge on any atom is 0.326 e. The Morgan fingerprint density at radius 1 is 0.485 bits per heavy atom. The zero-order valence-electron chi connectivity index (χ0n) is 36.5. The molecule has 23 heteroatoms. The Hall–Kier alpha value is -6.69. The Labute approximate surface area is 380 Å². The molecule has 3 rings (SSSR count). The number of carboxylic acid groups (broad SMARTS) is 6. The predicted octanol–water partition coefficient (Wildman–Crippen LogP) is -0.787. The van der Waals surface area contributed by atoms with Crippen LogP contribution in [0.15, 0.2) is 54.6 Å². The van der Waals surface area contributed by atoms with Crippen LogP contribution in [0.1, 0.15) is 37.7 Å². The van der Waals surface area contributed by atoms with Crippen LogP contribution >= 0.6 is 0 Å². The molecule has 0 saturated carbocycles. The molecule has 1 saturated heterocycles. The van der Waals surface area contributed by atoms with Crippen LogP contribution in [-0.2, 0) is 44.8 Å². The number of unbranched alkanes of at least 4 members (excludes halogenated alkanes) is 1. The summed E-state index contributed by atoms with van der Waals surface area (Å²) in [6.07, 6.45) is -0.582. The number of carboxylic acids is 6. The van der Waals surface area contributed by atoms with Gasteiger partial charge in [-0.15, -0.1) is 0 Å². The topological polar surface area (TPSA) is 336 Å². The molecule has 2 aromatic carbocycles. The first-order valence-corrected chi connectivity index (χ1v) is 21.4. The van der Waals surface area contributed by atoms with E-state index in [4.69, 9.17) is 5.11 Å². The second kappa shape index (κ2) is 28.3. The third kappa shape index (κ3) is 21.3. The van der Waals surface area contributed by atoms with Crippen LogP contribution < -0.4 is 21.3 Å². The van der Waals surface area contributed by atoms with Crippen LogP contribution in [0.25, 0.3) is 11.1 Å². The van der Waals surface area contributed by atoms with Gasteiger partial charge in [-0.25, -0.2) is 14.4 Å². The van der Waals surface area contributed by atoms with Crippen molar-refractivity contribution < 1.29 is 73.8 Å². The zero-order chi connectivity index (χ0) is 48.6. The highest BCUT2D eigenvalue weighted by molar-refractivity contribution is 5.89. The fourth-order valence-electron chi connectivity index (χ4n) is 7.09. The van der Waals surface area contributed by atoms with Crippen LogP contribution in [0, 0.1) is 0 Å². The van der Waals surface area contributed by atoms with Crippen molar-refractivity contribution in [2.45, 2.75) is 56.7 Å². The maximum absolute atomic E-state index is 13.8. The largest absolute Gasteiger partial charge is 0.481 e. The molecule has 0 aliphatic carbocycles. The third-order valence-electron chi connectivity index (χ3n) is 10.6. The Balaban J connectivity index is 1.72. The summed E-state index contributed by atoms with van der Waals surface area (Å²) in [6.45, 7) is 0.282. The molecule has 0 unspecified atom stereocenters. The highest BCUT2D eigenvalue weighted by Crippen LogP contribution is 2.20. The molecule has 10 N–H and O–H groups in total. The number of rotatable bonds is 25. The summed E-state index contributed by atoms with van der Waals surface area (Å²) in [5.74, 6) is -8.56. The predicted molar refractivity (Wildman–Crippen MR) is 234 cm³/mol. The van der Waals surface area contributed by atoms with E-state index in [0.717, 1.165) is 11.1 Å². The van der Waals surface area contributed by atoms with Gasteiger partial charge in [-0.1, -0.05) is 54.6 Å². The van der Waals surface area contributed by atoms with E-state index in [1.54, 1.807) is 19.6 Å². The Morgan fingerprint density at radius 3 is 1.36 bits per heavy atom. The second-order valence-electron chi connectivity index (χ2n) is 15.8. The lowest BCUT2D eigenvalue weighted by atomic mass is 10.00. The van der Waals surface area contributed by atoms with E-state index in [9.17, 15) is 68.7 Å². The maximum atomic E-state index is 13.8. The Morgan fingerprint density at radius 2 is 0.924 bits per heavy atom. The molecular weight excluding hydrogens is 869 g/mol. The SMILES string of the molecule is O=C(O)CC[C@H](NC(=O)N[C@@H](CCCCNC(=O)[C@H](Cc1ccc(-c2ccccc2)cc1)NC(=O)CN1CCN(CC(=O)O)CCN(CC(=O)O)CCN(CC(=O)O)CC1)C(=O)O)C(=O)O. The van der Waals surface area contributed by atoms with E-state index in [-0.39, 0.29) is 111 Å². The standard InChI is InChI=1S/C43H60N8O15/c52-35(25-48-16-18-49(26-37(55)56)20-22-51(28-39(59)60)23-21-50(19-17-48)27-38(57)58)45-34(24-29-9-11-31(12-10-29)30-6-2-1-3-7-30)40(61)44-15-5-4-8-32(41(62)63)46-43(66)47-33(42(64)65)13-14-36(53)54/h1-3,6-7,9-12,32-34H,4-5,8,13-28H2,(H,44,61)(H,45,52)(H,53,54)(H,55,56)(H,57,58)(H,59,60)(H,62,63)(H,64,65)(H2,46,47,66)/t32-,33-,34-/m0/s1. The van der Waals surface area contributed by atoms with E-state index in [0.29, 0.717) is 5.56 Å². The van der Waals surface area contributed by atoms with Crippen LogP contribution in [-0.4, -0.2) is 207 Å². The Bertz CT molecular complexity index is 1920. The van der Waals surface area contributed by atoms with Gasteiger partial charge >= 0.3 is 41.8 Å². The number of urea groups is 1. The van der Waals surface area contributed by atoms with Gasteiger partial charge in [-0.3, -0.25) is 48.4 Å². The van der Waals surface area contributed by atoms with Gasteiger partial charge < -0.3 is 51.9 Å². The summed E-state index contributed by atoms with van der Waals surface area (Å²) in [6, 6.07) is 11.8. The van der Waals surface area contributed by atoms with Gasteiger partial charge in [0.1, 0.15) is 18.1 Å². The smallest absolute Gasteiger partial charge is 0.326 e. The summed E-state index contributed by atoms with van der Waals surface area (Å²) in [4.78, 5) is 116. The number of nitrogens with zero attached hydrogens (tertiary/aromatic N) is 4. The summed E-state index contributed by atoms with van der Waals surface area (Å²) in [7, 11) is 0. The van der Waals surface area contributed by atoms with Crippen molar-refractivity contribution in [1.82, 2.24) is 40.9 Å². The van der Waals surface area contributed by atoms with Crippen LogP contribution in [0.4, 0.5) is 4.79 Å². The first-order chi connectivity index (χ1) is 31.4. The number of aliphatic carboxylic acids is 6. The van der Waals surface area contributed by atoms with E-state index in [1.807, 2.05) is 54.6 Å². The van der Waals surface area contributed by atoms with Crippen LogP contribution in [0.2, 0.25) is 0 Å². The molecule has 362 valence electrons. The molecule has 0 aromatic heterocycles. The van der Waals surface area contributed by atoms with Crippen molar-refractivity contribution in [3.05, 3.63) is 60.2 Å². The number of carbonyl (C=O) groups is 9. The third-order valence-corrected chi connectivity index (χ3v) is 10.6. The molecular formula is C43H60N8O15. The Kier molecular flexibility index (Phi) is 23.0. The van der Waals surface area contributed by atoms with Gasteiger partial charge in [0, 0.05) is 71.7 Å². The second-order valence-corrected chi connectivity index (χ2v) is 15.8. The van der Waals surface area contributed by atoms with Crippen molar-refractivity contribution in [3.63, 3.8) is 0 Å². The summed E-state index contributed by atoms with van der Waals surface area (Å²) >= 11 is 0. The number of carbonyl (C=O) groups excluding carboxylic acids is 3. The number of nitrogens with one attached hydrogen (secondary N) is 4. The van der Waals surface area contributed by atoms with E-state index >= 15 is 0 Å². The van der Waals surface area contributed by atoms with Gasteiger partial charge in [0.2, 0.25) is 11.8 Å². The molecule has 1 fully saturated rings. The number of benzene rings is 2. The normalized spacial score (nSPS) is 15.9. The van der Waals surface area contributed by atoms with Crippen LogP contribution in [0.3, 0.4) is 0 Å². The average Bonchev–Trinajstić information content (AvgIpc) is 3.24. The minimum Gasteiger partial charge on any atom is -0.481 e. The van der Waals surface area contributed by atoms with Crippen molar-refractivity contribution in [2.24, 2.45) is 0 Å². The van der Waals surface area contributed by atoms with Gasteiger partial charge in [0.25, 0.3) is 0 Å². The highest BCUT2D eigenvalue weighted by Gasteiger charge is 2.27. The quantitative estimate of drug-likeness (QED) is 0.0546. The summed E-state index contributed by atoms with van der Waals surface area (Å²) in [5.41, 5.74) is 2.61. The molecule has 3 atom stereocenters. The van der Waals surface area contributed by atoms with Crippen molar-refractivity contribution in [1.29, 1.82) is 0 Å². The molecule has 4 amide bonds. The van der Waals surface area contributed by atoms with E-state index < -0.39 is 84.6 Å². The minimum atomic E-state index is -1.57. The molecule has 0 spiro atoms. The summed E-state index contributed by atoms with van der Waals surface area (Å²) < 4.78 is 0. The van der Waals surface area contributed by atoms with Gasteiger partial charge in [-0.2, -0.15) is 0 Å². The lowest BCUT2D eigenvalue weighted by Crippen LogP contribution is -2.53. The van der Waals surface area contributed by atoms with Crippen molar-refractivity contribution in [3.8, 4) is 11.1 Å². The van der Waals surface area contributed by atoms with Crippen LogP contribution in [0.5, 0.6) is 0 Å².